The van der Waals surface area contributed by atoms with Gasteiger partial charge in [0.15, 0.2) is 11.5 Å². The summed E-state index contributed by atoms with van der Waals surface area (Å²) in [5.74, 6) is 0.161. The molecule has 1 aliphatic rings. The summed E-state index contributed by atoms with van der Waals surface area (Å²) in [5, 5.41) is 3.46. The van der Waals surface area contributed by atoms with Crippen molar-refractivity contribution in [2.45, 2.75) is 46.7 Å². The normalized spacial score (nSPS) is 13.6. The van der Waals surface area contributed by atoms with E-state index in [9.17, 15) is 18.0 Å². The first kappa shape index (κ1) is 29.6. The van der Waals surface area contributed by atoms with Gasteiger partial charge in [0, 0.05) is 24.2 Å². The molecule has 11 heteroatoms. The minimum Gasteiger partial charge on any atom is -0.486 e. The highest BCUT2D eigenvalue weighted by molar-refractivity contribution is 7.92. The molecule has 9 nitrogen and oxygen atoms in total. The summed E-state index contributed by atoms with van der Waals surface area (Å²) in [7, 11) is -3.85. The molecule has 0 saturated carbocycles. The van der Waals surface area contributed by atoms with Gasteiger partial charge in [0.05, 0.1) is 11.4 Å². The number of anilines is 1. The van der Waals surface area contributed by atoms with Crippen molar-refractivity contribution in [3.8, 4) is 11.5 Å². The van der Waals surface area contributed by atoms with E-state index in [0.29, 0.717) is 42.7 Å². The summed E-state index contributed by atoms with van der Waals surface area (Å²) in [5.41, 5.74) is 1.05. The minimum absolute atomic E-state index is 0.116. The molecule has 0 unspecified atom stereocenters. The number of rotatable bonds is 12. The van der Waals surface area contributed by atoms with Crippen LogP contribution in [-0.4, -0.2) is 63.2 Å². The molecule has 0 aliphatic carbocycles. The van der Waals surface area contributed by atoms with Crippen LogP contribution in [0.15, 0.2) is 42.5 Å². The van der Waals surface area contributed by atoms with Gasteiger partial charge in [-0.25, -0.2) is 8.42 Å². The molecule has 0 fully saturated rings. The van der Waals surface area contributed by atoms with Crippen molar-refractivity contribution in [1.82, 2.24) is 10.2 Å². The van der Waals surface area contributed by atoms with Gasteiger partial charge in [-0.1, -0.05) is 44.5 Å². The lowest BCUT2D eigenvalue weighted by Gasteiger charge is -2.33. The summed E-state index contributed by atoms with van der Waals surface area (Å²) in [6.45, 7) is 8.16. The van der Waals surface area contributed by atoms with Crippen molar-refractivity contribution in [2.75, 3.05) is 36.4 Å². The van der Waals surface area contributed by atoms with Gasteiger partial charge < -0.3 is 19.7 Å². The number of hydrogen-bond acceptors (Lipinski definition) is 6. The van der Waals surface area contributed by atoms with E-state index in [4.69, 9.17) is 21.1 Å². The van der Waals surface area contributed by atoms with Crippen LogP contribution < -0.4 is 19.1 Å². The van der Waals surface area contributed by atoms with E-state index in [-0.39, 0.29) is 29.8 Å². The largest absolute Gasteiger partial charge is 0.486 e. The Morgan fingerprint density at radius 1 is 1.03 bits per heavy atom. The number of carbonyl (C=O) groups is 2. The lowest BCUT2D eigenvalue weighted by atomic mass is 10.1. The van der Waals surface area contributed by atoms with Crippen molar-refractivity contribution in [2.24, 2.45) is 5.92 Å². The molecule has 1 atom stereocenters. The lowest BCUT2D eigenvalue weighted by Crippen LogP contribution is -2.52. The zero-order valence-corrected chi connectivity index (χ0v) is 23.8. The highest BCUT2D eigenvalue weighted by atomic mass is 35.5. The maximum absolute atomic E-state index is 13.9. The molecule has 0 radical (unpaired) electrons. The highest BCUT2D eigenvalue weighted by Crippen LogP contribution is 2.35. The second kappa shape index (κ2) is 13.2. The van der Waals surface area contributed by atoms with Gasteiger partial charge in [-0.05, 0) is 49.1 Å². The van der Waals surface area contributed by atoms with E-state index < -0.39 is 28.5 Å². The molecule has 208 valence electrons. The molecule has 1 heterocycles. The zero-order valence-electron chi connectivity index (χ0n) is 22.3. The molecular weight excluding hydrogens is 530 g/mol. The number of ether oxygens (including phenoxy) is 2. The first-order chi connectivity index (χ1) is 18.1. The van der Waals surface area contributed by atoms with Crippen molar-refractivity contribution in [3.05, 3.63) is 53.1 Å². The fourth-order valence-corrected chi connectivity index (χ4v) is 5.22. The van der Waals surface area contributed by atoms with Crippen LogP contribution in [0.3, 0.4) is 0 Å². The summed E-state index contributed by atoms with van der Waals surface area (Å²) in [6.07, 6.45) is 0.355. The lowest BCUT2D eigenvalue weighted by molar-refractivity contribution is -0.140. The number of nitrogens with zero attached hydrogens (tertiary/aromatic N) is 2. The van der Waals surface area contributed by atoms with E-state index in [2.05, 4.69) is 5.32 Å². The summed E-state index contributed by atoms with van der Waals surface area (Å²) >= 11 is 6.04. The zero-order chi connectivity index (χ0) is 27.9. The third kappa shape index (κ3) is 7.54. The van der Waals surface area contributed by atoms with Crippen LogP contribution in [0.1, 0.15) is 39.7 Å². The second-order valence-corrected chi connectivity index (χ2v) is 12.1. The van der Waals surface area contributed by atoms with Gasteiger partial charge in [-0.15, -0.1) is 0 Å². The molecular formula is C27H36ClN3O6S. The minimum atomic E-state index is -3.85. The van der Waals surface area contributed by atoms with Gasteiger partial charge in [0.2, 0.25) is 21.8 Å². The van der Waals surface area contributed by atoms with Crippen LogP contribution in [0.25, 0.3) is 0 Å². The van der Waals surface area contributed by atoms with E-state index in [1.54, 1.807) is 42.5 Å². The first-order valence-electron chi connectivity index (χ1n) is 12.8. The Morgan fingerprint density at radius 2 is 1.68 bits per heavy atom. The summed E-state index contributed by atoms with van der Waals surface area (Å²) < 4.78 is 38.6. The molecule has 2 aromatic carbocycles. The monoisotopic (exact) mass is 565 g/mol. The number of benzene rings is 2. The number of hydrogen-bond donors (Lipinski definition) is 1. The average Bonchev–Trinajstić information content (AvgIpc) is 2.91. The number of carbonyl (C=O) groups excluding carboxylic acids is 2. The van der Waals surface area contributed by atoms with E-state index in [1.807, 2.05) is 20.8 Å². The number of fused-ring (bicyclic) bond motifs is 1. The summed E-state index contributed by atoms with van der Waals surface area (Å²) in [4.78, 5) is 28.4. The Bertz CT molecular complexity index is 1220. The maximum atomic E-state index is 13.9. The van der Waals surface area contributed by atoms with Crippen LogP contribution in [0.5, 0.6) is 11.5 Å². The predicted molar refractivity (Wildman–Crippen MR) is 148 cm³/mol. The number of halogens is 1. The molecule has 2 amide bonds. The number of sulfonamides is 1. The molecule has 38 heavy (non-hydrogen) atoms. The fraction of sp³-hybridized carbons (Fsp3) is 0.481. The van der Waals surface area contributed by atoms with Crippen LogP contribution in [0, 0.1) is 5.92 Å². The number of nitrogens with one attached hydrogen (secondary N) is 1. The Labute approximate surface area is 230 Å². The SMILES string of the molecule is CC[C@@H](C(=O)NCC(C)C)N(Cc1ccc(Cl)cc1)C(=O)CN(c1ccc2c(c1)OCCO2)S(=O)(=O)CC. The first-order valence-corrected chi connectivity index (χ1v) is 14.8. The van der Waals surface area contributed by atoms with Gasteiger partial charge in [-0.3, -0.25) is 13.9 Å². The third-order valence-corrected chi connectivity index (χ3v) is 8.12. The van der Waals surface area contributed by atoms with Gasteiger partial charge in [-0.2, -0.15) is 0 Å². The Morgan fingerprint density at radius 3 is 2.29 bits per heavy atom. The van der Waals surface area contributed by atoms with Crippen LogP contribution >= 0.6 is 11.6 Å². The van der Waals surface area contributed by atoms with Gasteiger partial charge >= 0.3 is 0 Å². The van der Waals surface area contributed by atoms with E-state index in [0.717, 1.165) is 9.87 Å². The molecule has 1 aliphatic heterocycles. The quantitative estimate of drug-likeness (QED) is 0.419. The Hall–Kier alpha value is -2.98. The third-order valence-electron chi connectivity index (χ3n) is 6.13. The van der Waals surface area contributed by atoms with Gasteiger partial charge in [0.25, 0.3) is 0 Å². The molecule has 1 N–H and O–H groups in total. The highest BCUT2D eigenvalue weighted by Gasteiger charge is 2.33. The maximum Gasteiger partial charge on any atom is 0.244 e. The topological polar surface area (TPSA) is 105 Å². The van der Waals surface area contributed by atoms with Crippen molar-refractivity contribution in [1.29, 1.82) is 0 Å². The van der Waals surface area contributed by atoms with Crippen LogP contribution in [0.2, 0.25) is 5.02 Å². The van der Waals surface area contributed by atoms with Crippen molar-refractivity contribution in [3.63, 3.8) is 0 Å². The molecule has 3 rings (SSSR count). The van der Waals surface area contributed by atoms with Crippen LogP contribution in [0.4, 0.5) is 5.69 Å². The van der Waals surface area contributed by atoms with Gasteiger partial charge in [0.1, 0.15) is 25.8 Å². The molecule has 0 aromatic heterocycles. The average molecular weight is 566 g/mol. The van der Waals surface area contributed by atoms with E-state index >= 15 is 0 Å². The molecule has 0 saturated heterocycles. The Kier molecular flexibility index (Phi) is 10.3. The molecule has 2 aromatic rings. The number of amides is 2. The molecule has 0 spiro atoms. The second-order valence-electron chi connectivity index (χ2n) is 9.45. The van der Waals surface area contributed by atoms with Crippen LogP contribution in [-0.2, 0) is 26.2 Å². The molecule has 0 bridgehead atoms. The predicted octanol–water partition coefficient (Wildman–Crippen LogP) is 3.85. The van der Waals surface area contributed by atoms with Crippen molar-refractivity contribution >= 4 is 39.1 Å². The standard InChI is InChI=1S/C27H36ClN3O6S/c1-5-23(27(33)29-16-19(3)4)30(17-20-7-9-21(28)10-8-20)26(32)18-31(38(34,35)6-2)22-11-12-24-25(15-22)37-14-13-36-24/h7-12,15,19,23H,5-6,13-14,16-18H2,1-4H3,(H,29,33)/t23-/m0/s1. The Balaban J connectivity index is 1.96. The fourth-order valence-electron chi connectivity index (χ4n) is 4.04. The van der Waals surface area contributed by atoms with E-state index in [1.165, 1.54) is 11.8 Å². The smallest absolute Gasteiger partial charge is 0.244 e. The van der Waals surface area contributed by atoms with Crippen molar-refractivity contribution < 1.29 is 27.5 Å². The summed E-state index contributed by atoms with van der Waals surface area (Å²) in [6, 6.07) is 11.0.